The van der Waals surface area contributed by atoms with E-state index < -0.39 is 0 Å². The second kappa shape index (κ2) is 8.64. The summed E-state index contributed by atoms with van der Waals surface area (Å²) in [4.78, 5) is 0. The molecule has 2 aliphatic carbocycles. The van der Waals surface area contributed by atoms with E-state index in [0.717, 1.165) is 11.5 Å². The fourth-order valence-electron chi connectivity index (χ4n) is 1.75. The molecule has 0 aromatic rings. The van der Waals surface area contributed by atoms with Gasteiger partial charge in [-0.25, -0.2) is 0 Å². The second-order valence-electron chi connectivity index (χ2n) is 4.64. The SMILES string of the molecule is CC(COC1=C/C=C\C=C/C=C\1)OC1=C/C=C\C=C/C=C\1. The molecule has 2 nitrogen and oxygen atoms in total. The molecule has 108 valence electrons. The smallest absolute Gasteiger partial charge is 0.130 e. The fraction of sp³-hybridized carbons (Fsp3) is 0.158. The molecule has 0 aliphatic heterocycles. The van der Waals surface area contributed by atoms with Crippen LogP contribution in [0.4, 0.5) is 0 Å². The largest absolute Gasteiger partial charge is 0.490 e. The number of hydrogen-bond acceptors (Lipinski definition) is 2. The van der Waals surface area contributed by atoms with Crippen LogP contribution in [0, 0.1) is 0 Å². The minimum absolute atomic E-state index is 0.0306. The van der Waals surface area contributed by atoms with Crippen molar-refractivity contribution < 1.29 is 9.47 Å². The molecule has 2 rings (SSSR count). The molecule has 0 saturated heterocycles. The lowest BCUT2D eigenvalue weighted by atomic mass is 10.3. The molecule has 2 heteroatoms. The first-order valence-corrected chi connectivity index (χ1v) is 7.07. The summed E-state index contributed by atoms with van der Waals surface area (Å²) in [7, 11) is 0. The highest BCUT2D eigenvalue weighted by atomic mass is 16.5. The molecule has 21 heavy (non-hydrogen) atoms. The Bertz CT molecular complexity index is 566. The third-order valence-electron chi connectivity index (χ3n) is 2.75. The zero-order chi connectivity index (χ0) is 14.8. The molecule has 0 aromatic carbocycles. The molecule has 0 spiro atoms. The van der Waals surface area contributed by atoms with Crippen molar-refractivity contribution in [2.45, 2.75) is 13.0 Å². The third-order valence-corrected chi connectivity index (χ3v) is 2.75. The van der Waals surface area contributed by atoms with Crippen LogP contribution in [0.2, 0.25) is 0 Å². The summed E-state index contributed by atoms with van der Waals surface area (Å²) in [5, 5.41) is 0. The van der Waals surface area contributed by atoms with Crippen molar-refractivity contribution in [3.8, 4) is 0 Å². The molecule has 0 heterocycles. The lowest BCUT2D eigenvalue weighted by Gasteiger charge is -2.16. The van der Waals surface area contributed by atoms with E-state index in [1.807, 2.05) is 92.0 Å². The highest BCUT2D eigenvalue weighted by molar-refractivity contribution is 5.28. The Labute approximate surface area is 126 Å². The zero-order valence-corrected chi connectivity index (χ0v) is 12.2. The number of allylic oxidation sites excluding steroid dienone is 14. The Morgan fingerprint density at radius 3 is 1.95 bits per heavy atom. The molecule has 2 aliphatic rings. The van der Waals surface area contributed by atoms with Crippen molar-refractivity contribution in [1.29, 1.82) is 0 Å². The molecule has 1 unspecified atom stereocenters. The topological polar surface area (TPSA) is 18.5 Å². The molecule has 0 amide bonds. The van der Waals surface area contributed by atoms with Gasteiger partial charge >= 0.3 is 0 Å². The van der Waals surface area contributed by atoms with E-state index in [2.05, 4.69) is 0 Å². The molecule has 0 aromatic heterocycles. The molecule has 0 bridgehead atoms. The van der Waals surface area contributed by atoms with Gasteiger partial charge in [0.1, 0.15) is 24.2 Å². The fourth-order valence-corrected chi connectivity index (χ4v) is 1.75. The van der Waals surface area contributed by atoms with Crippen LogP contribution in [0.1, 0.15) is 6.92 Å². The third kappa shape index (κ3) is 6.00. The highest BCUT2D eigenvalue weighted by Gasteiger charge is 2.06. The first kappa shape index (κ1) is 14.9. The van der Waals surface area contributed by atoms with Gasteiger partial charge in [0, 0.05) is 0 Å². The number of ether oxygens (including phenoxy) is 2. The minimum Gasteiger partial charge on any atom is -0.490 e. The normalized spacial score (nSPS) is 32.2. The maximum absolute atomic E-state index is 5.85. The van der Waals surface area contributed by atoms with E-state index in [1.165, 1.54) is 0 Å². The van der Waals surface area contributed by atoms with Gasteiger partial charge in [-0.05, 0) is 31.2 Å². The molecule has 0 radical (unpaired) electrons. The maximum Gasteiger partial charge on any atom is 0.130 e. The predicted molar refractivity (Wildman–Crippen MR) is 87.5 cm³/mol. The summed E-state index contributed by atoms with van der Waals surface area (Å²) in [5.41, 5.74) is 0. The summed E-state index contributed by atoms with van der Waals surface area (Å²) in [5.74, 6) is 1.66. The van der Waals surface area contributed by atoms with Crippen LogP contribution in [-0.4, -0.2) is 12.7 Å². The number of hydrogen-bond donors (Lipinski definition) is 0. The summed E-state index contributed by atoms with van der Waals surface area (Å²) >= 11 is 0. The maximum atomic E-state index is 5.85. The lowest BCUT2D eigenvalue weighted by molar-refractivity contribution is 0.0626. The van der Waals surface area contributed by atoms with Crippen LogP contribution in [0.3, 0.4) is 0 Å². The molecular weight excluding hydrogens is 260 g/mol. The van der Waals surface area contributed by atoms with E-state index >= 15 is 0 Å². The van der Waals surface area contributed by atoms with Crippen LogP contribution in [0.25, 0.3) is 0 Å². The van der Waals surface area contributed by atoms with Gasteiger partial charge in [-0.3, -0.25) is 0 Å². The van der Waals surface area contributed by atoms with Gasteiger partial charge in [-0.2, -0.15) is 0 Å². The van der Waals surface area contributed by atoms with Crippen molar-refractivity contribution in [3.63, 3.8) is 0 Å². The van der Waals surface area contributed by atoms with Crippen molar-refractivity contribution in [3.05, 3.63) is 96.6 Å². The van der Waals surface area contributed by atoms with Crippen LogP contribution in [-0.2, 0) is 9.47 Å². The van der Waals surface area contributed by atoms with E-state index in [1.54, 1.807) is 0 Å². The van der Waals surface area contributed by atoms with Crippen molar-refractivity contribution >= 4 is 0 Å². The average Bonchev–Trinajstić information content (AvgIpc) is 2.40. The van der Waals surface area contributed by atoms with Crippen LogP contribution >= 0.6 is 0 Å². The zero-order valence-electron chi connectivity index (χ0n) is 12.2. The Morgan fingerprint density at radius 2 is 1.24 bits per heavy atom. The minimum atomic E-state index is -0.0306. The van der Waals surface area contributed by atoms with Crippen molar-refractivity contribution in [2.24, 2.45) is 0 Å². The van der Waals surface area contributed by atoms with Gasteiger partial charge in [0.25, 0.3) is 0 Å². The average molecular weight is 280 g/mol. The Balaban J connectivity index is 1.83. The first-order chi connectivity index (χ1) is 10.3. The quantitative estimate of drug-likeness (QED) is 0.736. The lowest BCUT2D eigenvalue weighted by Crippen LogP contribution is -2.15. The molecule has 0 N–H and O–H groups in total. The summed E-state index contributed by atoms with van der Waals surface area (Å²) < 4.78 is 11.6. The van der Waals surface area contributed by atoms with Gasteiger partial charge in [-0.15, -0.1) is 0 Å². The predicted octanol–water partition coefficient (Wildman–Crippen LogP) is 4.54. The summed E-state index contributed by atoms with van der Waals surface area (Å²) in [6.45, 7) is 2.49. The Hall–Kier alpha value is -2.48. The monoisotopic (exact) mass is 280 g/mol. The van der Waals surface area contributed by atoms with Crippen LogP contribution in [0.5, 0.6) is 0 Å². The first-order valence-electron chi connectivity index (χ1n) is 7.07. The van der Waals surface area contributed by atoms with Gasteiger partial charge in [0.05, 0.1) is 0 Å². The number of rotatable bonds is 5. The Kier molecular flexibility index (Phi) is 6.14. The molecule has 1 atom stereocenters. The molecule has 0 saturated carbocycles. The Morgan fingerprint density at radius 1 is 0.714 bits per heavy atom. The van der Waals surface area contributed by atoms with Crippen LogP contribution in [0.15, 0.2) is 96.6 Å². The summed E-state index contributed by atoms with van der Waals surface area (Å²) in [6.07, 6.45) is 27.4. The second-order valence-corrected chi connectivity index (χ2v) is 4.64. The van der Waals surface area contributed by atoms with Crippen molar-refractivity contribution in [2.75, 3.05) is 6.61 Å². The van der Waals surface area contributed by atoms with Gasteiger partial charge < -0.3 is 9.47 Å². The van der Waals surface area contributed by atoms with E-state index in [9.17, 15) is 0 Å². The van der Waals surface area contributed by atoms with E-state index in [4.69, 9.17) is 9.47 Å². The van der Waals surface area contributed by atoms with Gasteiger partial charge in [-0.1, -0.05) is 60.8 Å². The van der Waals surface area contributed by atoms with Gasteiger partial charge in [0.2, 0.25) is 0 Å². The highest BCUT2D eigenvalue weighted by Crippen LogP contribution is 2.10. The molecular formula is C19H20O2. The van der Waals surface area contributed by atoms with E-state index in [-0.39, 0.29) is 6.10 Å². The van der Waals surface area contributed by atoms with E-state index in [0.29, 0.717) is 6.61 Å². The standard InChI is InChI=1S/C19H20O2/c1-17(21-19-14-10-6-3-7-11-15-19)16-20-18-12-8-4-2-5-9-13-18/h2-15,17H,16H2,1H3/b4-2-,5-2?,6-3-,7-3?,8-4?,9-5-,10-6?,11-7-,12-8-,13-9?,14-10-,15-11?,18-12?,18-13+,19-14?,19-15+. The summed E-state index contributed by atoms with van der Waals surface area (Å²) in [6, 6.07) is 0. The van der Waals surface area contributed by atoms with Crippen LogP contribution < -0.4 is 0 Å². The molecule has 0 fully saturated rings. The van der Waals surface area contributed by atoms with Crippen molar-refractivity contribution in [1.82, 2.24) is 0 Å². The van der Waals surface area contributed by atoms with Gasteiger partial charge in [0.15, 0.2) is 0 Å².